The summed E-state index contributed by atoms with van der Waals surface area (Å²) in [4.78, 5) is 35.9. The van der Waals surface area contributed by atoms with Gasteiger partial charge in [-0.25, -0.2) is 14.2 Å². The minimum absolute atomic E-state index is 0.0373. The van der Waals surface area contributed by atoms with E-state index in [1.807, 2.05) is 4.90 Å². The average Bonchev–Trinajstić information content (AvgIpc) is 3.19. The molecule has 1 saturated carbocycles. The Morgan fingerprint density at radius 3 is 2.82 bits per heavy atom. The summed E-state index contributed by atoms with van der Waals surface area (Å²) in [5, 5.41) is 15.6. The summed E-state index contributed by atoms with van der Waals surface area (Å²) in [5.74, 6) is -1.59. The van der Waals surface area contributed by atoms with Crippen molar-refractivity contribution in [3.05, 3.63) is 62.5 Å². The fourth-order valence-electron chi connectivity index (χ4n) is 4.76. The summed E-state index contributed by atoms with van der Waals surface area (Å²) in [7, 11) is 1.27. The van der Waals surface area contributed by atoms with Crippen LogP contribution in [0.25, 0.3) is 0 Å². The lowest BCUT2D eigenvalue weighted by atomic mass is 9.95. The molecule has 2 aliphatic heterocycles. The lowest BCUT2D eigenvalue weighted by Gasteiger charge is -2.30. The first-order chi connectivity index (χ1) is 16.3. The number of nitrogens with one attached hydrogen (secondary N) is 1. The number of hydrogen-bond donors (Lipinski definition) is 2. The van der Waals surface area contributed by atoms with Crippen molar-refractivity contribution in [3.63, 3.8) is 0 Å². The molecule has 0 radical (unpaired) electrons. The van der Waals surface area contributed by atoms with Crippen molar-refractivity contribution in [3.8, 4) is 0 Å². The maximum atomic E-state index is 13.8. The fraction of sp³-hybridized carbons (Fsp3) is 0.391. The second-order valence-electron chi connectivity index (χ2n) is 8.86. The van der Waals surface area contributed by atoms with Crippen molar-refractivity contribution in [2.45, 2.75) is 31.3 Å². The summed E-state index contributed by atoms with van der Waals surface area (Å²) in [6.45, 7) is 0.818. The van der Waals surface area contributed by atoms with Crippen molar-refractivity contribution >= 4 is 40.7 Å². The number of carboxylic acid groups (broad SMARTS) is 1. The molecule has 2 N–H and O–H groups in total. The van der Waals surface area contributed by atoms with E-state index >= 15 is 0 Å². The quantitative estimate of drug-likeness (QED) is 0.581. The summed E-state index contributed by atoms with van der Waals surface area (Å²) in [6, 6.07) is 2.40. The number of nitrogens with zero attached hydrogens (tertiary/aromatic N) is 3. The zero-order valence-electron chi connectivity index (χ0n) is 18.3. The molecule has 0 bridgehead atoms. The summed E-state index contributed by atoms with van der Waals surface area (Å²) in [5.41, 5.74) is 1.15. The molecule has 34 heavy (non-hydrogen) atoms. The van der Waals surface area contributed by atoms with Crippen LogP contribution in [0.15, 0.2) is 46.0 Å². The summed E-state index contributed by atoms with van der Waals surface area (Å²) < 4.78 is 18.9. The monoisotopic (exact) mass is 504 g/mol. The van der Waals surface area contributed by atoms with Gasteiger partial charge in [0.2, 0.25) is 0 Å². The highest BCUT2D eigenvalue weighted by Gasteiger charge is 2.54. The van der Waals surface area contributed by atoms with Crippen molar-refractivity contribution in [1.82, 2.24) is 15.2 Å². The molecular formula is C23H22ClFN4O4S. The number of amidine groups is 1. The number of hydrogen-bond acceptors (Lipinski definition) is 8. The minimum atomic E-state index is -0.883. The number of carboxylic acids is 1. The Morgan fingerprint density at radius 1 is 1.41 bits per heavy atom. The first-order valence-corrected chi connectivity index (χ1v) is 12.0. The van der Waals surface area contributed by atoms with Gasteiger partial charge in [-0.05, 0) is 36.8 Å². The number of carbonyl (C=O) groups is 2. The van der Waals surface area contributed by atoms with Crippen LogP contribution in [0.2, 0.25) is 5.02 Å². The van der Waals surface area contributed by atoms with Crippen LogP contribution in [0.5, 0.6) is 0 Å². The van der Waals surface area contributed by atoms with Gasteiger partial charge >= 0.3 is 11.9 Å². The van der Waals surface area contributed by atoms with Crippen LogP contribution in [-0.2, 0) is 14.3 Å². The van der Waals surface area contributed by atoms with Gasteiger partial charge in [-0.2, -0.15) is 0 Å². The maximum absolute atomic E-state index is 13.8. The van der Waals surface area contributed by atoms with Gasteiger partial charge in [0.05, 0.1) is 12.7 Å². The van der Waals surface area contributed by atoms with Crippen LogP contribution in [0.1, 0.15) is 35.9 Å². The number of esters is 1. The second-order valence-corrected chi connectivity index (χ2v) is 10.2. The number of aromatic nitrogens is 1. The maximum Gasteiger partial charge on any atom is 0.338 e. The predicted molar refractivity (Wildman–Crippen MR) is 124 cm³/mol. The highest BCUT2D eigenvalue weighted by atomic mass is 35.5. The molecule has 1 spiro atoms. The number of methoxy groups -OCH3 is 1. The van der Waals surface area contributed by atoms with E-state index in [9.17, 15) is 19.1 Å². The highest BCUT2D eigenvalue weighted by molar-refractivity contribution is 7.11. The molecule has 178 valence electrons. The third-order valence-electron chi connectivity index (χ3n) is 6.63. The van der Waals surface area contributed by atoms with Gasteiger partial charge in [0.1, 0.15) is 17.9 Å². The van der Waals surface area contributed by atoms with Crippen molar-refractivity contribution < 1.29 is 23.8 Å². The van der Waals surface area contributed by atoms with E-state index in [0.717, 1.165) is 12.8 Å². The number of ether oxygens (including phenoxy) is 1. The molecule has 1 aliphatic carbocycles. The number of benzene rings is 1. The normalized spacial score (nSPS) is 23.6. The Balaban J connectivity index is 1.60. The molecule has 5 rings (SSSR count). The molecule has 1 saturated heterocycles. The van der Waals surface area contributed by atoms with E-state index in [1.54, 1.807) is 11.6 Å². The van der Waals surface area contributed by atoms with E-state index in [0.29, 0.717) is 35.1 Å². The number of rotatable bonds is 6. The molecule has 2 aromatic rings. The predicted octanol–water partition coefficient (Wildman–Crippen LogP) is 3.39. The van der Waals surface area contributed by atoms with Crippen LogP contribution < -0.4 is 5.32 Å². The third kappa shape index (κ3) is 4.21. The second kappa shape index (κ2) is 8.75. The lowest BCUT2D eigenvalue weighted by molar-refractivity contribution is -0.142. The molecular weight excluding hydrogens is 483 g/mol. The topological polar surface area (TPSA) is 104 Å². The Kier molecular flexibility index (Phi) is 5.91. The molecule has 2 atom stereocenters. The zero-order valence-corrected chi connectivity index (χ0v) is 19.8. The van der Waals surface area contributed by atoms with Crippen molar-refractivity contribution in [1.29, 1.82) is 0 Å². The Bertz CT molecular complexity index is 1210. The third-order valence-corrected chi connectivity index (χ3v) is 7.74. The molecule has 3 aliphatic rings. The van der Waals surface area contributed by atoms with Gasteiger partial charge in [-0.1, -0.05) is 17.7 Å². The van der Waals surface area contributed by atoms with E-state index in [1.165, 1.54) is 36.6 Å². The van der Waals surface area contributed by atoms with Gasteiger partial charge in [0.25, 0.3) is 0 Å². The molecule has 0 amide bonds. The van der Waals surface area contributed by atoms with Crippen LogP contribution in [0.4, 0.5) is 4.39 Å². The summed E-state index contributed by atoms with van der Waals surface area (Å²) >= 11 is 7.74. The number of halogens is 2. The van der Waals surface area contributed by atoms with Crippen LogP contribution in [0.3, 0.4) is 0 Å². The van der Waals surface area contributed by atoms with Gasteiger partial charge in [-0.15, -0.1) is 11.3 Å². The molecule has 3 heterocycles. The lowest BCUT2D eigenvalue weighted by Crippen LogP contribution is -2.43. The molecule has 8 nitrogen and oxygen atoms in total. The van der Waals surface area contributed by atoms with Crippen molar-refractivity contribution in [2.24, 2.45) is 10.4 Å². The largest absolute Gasteiger partial charge is 0.480 e. The smallest absolute Gasteiger partial charge is 0.338 e. The van der Waals surface area contributed by atoms with E-state index in [2.05, 4.69) is 10.3 Å². The van der Waals surface area contributed by atoms with Gasteiger partial charge < -0.3 is 15.2 Å². The molecule has 1 aromatic carbocycles. The molecule has 11 heteroatoms. The number of thiazole rings is 1. The fourth-order valence-corrected chi connectivity index (χ4v) is 5.62. The van der Waals surface area contributed by atoms with E-state index in [4.69, 9.17) is 21.3 Å². The Morgan fingerprint density at radius 2 is 2.21 bits per heavy atom. The zero-order chi connectivity index (χ0) is 24.0. The van der Waals surface area contributed by atoms with Crippen molar-refractivity contribution in [2.75, 3.05) is 20.2 Å². The number of likely N-dealkylation sites (tertiary alicyclic amines) is 1. The van der Waals surface area contributed by atoms with Gasteiger partial charge in [-0.3, -0.25) is 14.7 Å². The molecule has 1 unspecified atom stereocenters. The number of carbonyl (C=O) groups excluding carboxylic acids is 1. The van der Waals surface area contributed by atoms with Crippen LogP contribution in [0, 0.1) is 11.2 Å². The SMILES string of the molecule is COC(=O)C1=C(CN2CC3(CC3)C[C@H]2C(=O)O)NC(c2nccs2)=NC1c1ccc(F)cc1Cl. The first kappa shape index (κ1) is 22.9. The van der Waals surface area contributed by atoms with E-state index < -0.39 is 29.8 Å². The van der Waals surface area contributed by atoms with Gasteiger partial charge in [0.15, 0.2) is 10.8 Å². The van der Waals surface area contributed by atoms with Gasteiger partial charge in [0, 0.05) is 40.9 Å². The number of aliphatic carboxylic acids is 1. The average molecular weight is 505 g/mol. The van der Waals surface area contributed by atoms with Crippen LogP contribution in [-0.4, -0.2) is 59.0 Å². The Labute approximate surface area is 204 Å². The standard InChI is InChI=1S/C23H22ClFN4O4S/c1-33-22(32)17-15(10-29-11-23(4-5-23)9-16(29)21(30)31)27-19(20-26-6-7-34-20)28-18(17)13-3-2-12(25)8-14(13)24/h2-3,6-8,16,18H,4-5,9-11H2,1H3,(H,27,28)(H,30,31)/t16-,18?/m0/s1. The number of aliphatic imine (C=N–C) groups is 1. The molecule has 2 fully saturated rings. The minimum Gasteiger partial charge on any atom is -0.480 e. The Hall–Kier alpha value is -2.82. The van der Waals surface area contributed by atoms with Crippen LogP contribution >= 0.6 is 22.9 Å². The summed E-state index contributed by atoms with van der Waals surface area (Å²) in [6.07, 6.45) is 4.23. The molecule has 1 aromatic heterocycles. The highest BCUT2D eigenvalue weighted by Crippen LogP contribution is 2.55. The van der Waals surface area contributed by atoms with E-state index in [-0.39, 0.29) is 22.6 Å². The first-order valence-electron chi connectivity index (χ1n) is 10.8.